The van der Waals surface area contributed by atoms with Crippen LogP contribution in [0.15, 0.2) is 35.4 Å². The van der Waals surface area contributed by atoms with E-state index in [0.29, 0.717) is 12.4 Å². The first kappa shape index (κ1) is 22.3. The molecule has 1 rings (SSSR count). The lowest BCUT2D eigenvalue weighted by Gasteiger charge is -2.14. The molecular weight excluding hydrogens is 320 g/mol. The highest BCUT2D eigenvalue weighted by molar-refractivity contribution is 5.48. The molecule has 0 aromatic heterocycles. The second kappa shape index (κ2) is 12.6. The van der Waals surface area contributed by atoms with Crippen molar-refractivity contribution in [1.82, 2.24) is 0 Å². The molecule has 0 saturated heterocycles. The molecule has 2 nitrogen and oxygen atoms in total. The molecule has 146 valence electrons. The highest BCUT2D eigenvalue weighted by Gasteiger charge is 2.11. The van der Waals surface area contributed by atoms with Crippen molar-refractivity contribution < 1.29 is 9.84 Å². The number of phenols is 1. The van der Waals surface area contributed by atoms with E-state index in [4.69, 9.17) is 4.74 Å². The summed E-state index contributed by atoms with van der Waals surface area (Å²) in [5.41, 5.74) is 4.81. The summed E-state index contributed by atoms with van der Waals surface area (Å²) in [6.07, 6.45) is 12.9. The van der Waals surface area contributed by atoms with E-state index < -0.39 is 0 Å². The van der Waals surface area contributed by atoms with Crippen LogP contribution in [0.5, 0.6) is 11.5 Å². The van der Waals surface area contributed by atoms with Gasteiger partial charge in [-0.15, -0.1) is 0 Å². The third kappa shape index (κ3) is 8.60. The number of aryl methyl sites for hydroxylation is 1. The van der Waals surface area contributed by atoms with Crippen LogP contribution in [-0.2, 0) is 12.8 Å². The van der Waals surface area contributed by atoms with Gasteiger partial charge in [0.15, 0.2) is 0 Å². The Kier molecular flexibility index (Phi) is 10.8. The molecule has 0 spiro atoms. The smallest absolute Gasteiger partial charge is 0.126 e. The van der Waals surface area contributed by atoms with E-state index in [-0.39, 0.29) is 0 Å². The standard InChI is InChI=1S/C24H38O2/c1-6-8-9-13-21-17-23(25)22(24(18-21)26-16-7-2)15-14-20(5)12-10-11-19(3)4/h11,14,17-18,25H,6-10,12-13,15-16H2,1-5H3. The van der Waals surface area contributed by atoms with Crippen LogP contribution in [0.1, 0.15) is 84.3 Å². The van der Waals surface area contributed by atoms with Crippen LogP contribution in [0.4, 0.5) is 0 Å². The topological polar surface area (TPSA) is 29.5 Å². The van der Waals surface area contributed by atoms with Crippen molar-refractivity contribution in [3.63, 3.8) is 0 Å². The second-order valence-electron chi connectivity index (χ2n) is 7.47. The Morgan fingerprint density at radius 1 is 1.04 bits per heavy atom. The number of unbranched alkanes of at least 4 members (excludes halogenated alkanes) is 2. The second-order valence-corrected chi connectivity index (χ2v) is 7.47. The van der Waals surface area contributed by atoms with Gasteiger partial charge in [0.1, 0.15) is 11.5 Å². The predicted molar refractivity (Wildman–Crippen MR) is 113 cm³/mol. The number of aromatic hydroxyl groups is 1. The number of benzene rings is 1. The van der Waals surface area contributed by atoms with Crippen LogP contribution >= 0.6 is 0 Å². The van der Waals surface area contributed by atoms with Crippen LogP contribution < -0.4 is 4.74 Å². The SMILES string of the molecule is CCCCCc1cc(O)c(CC=C(C)CCC=C(C)C)c(OCCC)c1. The summed E-state index contributed by atoms with van der Waals surface area (Å²) >= 11 is 0. The van der Waals surface area contributed by atoms with Crippen molar-refractivity contribution in [2.75, 3.05) is 6.61 Å². The molecule has 0 radical (unpaired) electrons. The number of ether oxygens (including phenoxy) is 1. The first-order valence-corrected chi connectivity index (χ1v) is 10.2. The molecule has 0 aliphatic carbocycles. The minimum Gasteiger partial charge on any atom is -0.508 e. The van der Waals surface area contributed by atoms with Crippen LogP contribution in [0.2, 0.25) is 0 Å². The number of rotatable bonds is 12. The predicted octanol–water partition coefficient (Wildman–Crippen LogP) is 7.15. The minimum atomic E-state index is 0.374. The van der Waals surface area contributed by atoms with Crippen LogP contribution in [-0.4, -0.2) is 11.7 Å². The van der Waals surface area contributed by atoms with Gasteiger partial charge in [0, 0.05) is 5.56 Å². The Hall–Kier alpha value is -1.70. The molecule has 0 fully saturated rings. The summed E-state index contributed by atoms with van der Waals surface area (Å²) in [6, 6.07) is 4.06. The van der Waals surface area contributed by atoms with Gasteiger partial charge < -0.3 is 9.84 Å². The number of hydrogen-bond acceptors (Lipinski definition) is 2. The van der Waals surface area contributed by atoms with Crippen molar-refractivity contribution >= 4 is 0 Å². The molecule has 26 heavy (non-hydrogen) atoms. The molecule has 0 bridgehead atoms. The summed E-state index contributed by atoms with van der Waals surface area (Å²) in [6.45, 7) is 11.4. The normalized spacial score (nSPS) is 11.5. The maximum Gasteiger partial charge on any atom is 0.126 e. The van der Waals surface area contributed by atoms with Gasteiger partial charge in [-0.05, 0) is 77.0 Å². The largest absolute Gasteiger partial charge is 0.508 e. The van der Waals surface area contributed by atoms with Gasteiger partial charge in [-0.1, -0.05) is 50.0 Å². The first-order valence-electron chi connectivity index (χ1n) is 10.2. The average molecular weight is 359 g/mol. The Balaban J connectivity index is 2.88. The molecule has 0 amide bonds. The van der Waals surface area contributed by atoms with Gasteiger partial charge in [0.2, 0.25) is 0 Å². The molecule has 0 heterocycles. The first-order chi connectivity index (χ1) is 12.5. The van der Waals surface area contributed by atoms with E-state index in [1.54, 1.807) is 0 Å². The lowest BCUT2D eigenvalue weighted by Crippen LogP contribution is -2.01. The van der Waals surface area contributed by atoms with Crippen molar-refractivity contribution in [2.24, 2.45) is 0 Å². The zero-order valence-electron chi connectivity index (χ0n) is 17.5. The summed E-state index contributed by atoms with van der Waals surface area (Å²) in [5, 5.41) is 10.6. The minimum absolute atomic E-state index is 0.374. The molecule has 0 aliphatic rings. The van der Waals surface area contributed by atoms with Gasteiger partial charge in [-0.2, -0.15) is 0 Å². The summed E-state index contributed by atoms with van der Waals surface area (Å²) in [5.74, 6) is 1.23. The molecule has 1 aromatic rings. The zero-order valence-corrected chi connectivity index (χ0v) is 17.5. The lowest BCUT2D eigenvalue weighted by molar-refractivity contribution is 0.311. The molecule has 0 aliphatic heterocycles. The van der Waals surface area contributed by atoms with E-state index in [9.17, 15) is 5.11 Å². The fourth-order valence-electron chi connectivity index (χ4n) is 2.92. The van der Waals surface area contributed by atoms with E-state index in [0.717, 1.165) is 49.8 Å². The van der Waals surface area contributed by atoms with Crippen LogP contribution in [0.25, 0.3) is 0 Å². The number of hydrogen-bond donors (Lipinski definition) is 1. The molecule has 1 N–H and O–H groups in total. The third-order valence-corrected chi connectivity index (χ3v) is 4.52. The Labute approximate surface area is 161 Å². The van der Waals surface area contributed by atoms with Gasteiger partial charge >= 0.3 is 0 Å². The van der Waals surface area contributed by atoms with Crippen molar-refractivity contribution in [3.8, 4) is 11.5 Å². The van der Waals surface area contributed by atoms with E-state index in [1.165, 1.54) is 29.6 Å². The van der Waals surface area contributed by atoms with E-state index >= 15 is 0 Å². The molecule has 0 saturated carbocycles. The third-order valence-electron chi connectivity index (χ3n) is 4.52. The van der Waals surface area contributed by atoms with Crippen molar-refractivity contribution in [2.45, 2.75) is 86.0 Å². The van der Waals surface area contributed by atoms with Gasteiger partial charge in [0.25, 0.3) is 0 Å². The molecule has 0 unspecified atom stereocenters. The Morgan fingerprint density at radius 2 is 1.81 bits per heavy atom. The summed E-state index contributed by atoms with van der Waals surface area (Å²) in [4.78, 5) is 0. The number of phenolic OH excluding ortho intramolecular Hbond substituents is 1. The van der Waals surface area contributed by atoms with Crippen molar-refractivity contribution in [3.05, 3.63) is 46.6 Å². The van der Waals surface area contributed by atoms with Gasteiger partial charge in [-0.25, -0.2) is 0 Å². The summed E-state index contributed by atoms with van der Waals surface area (Å²) < 4.78 is 5.96. The maximum absolute atomic E-state index is 10.6. The van der Waals surface area contributed by atoms with Crippen LogP contribution in [0, 0.1) is 0 Å². The monoisotopic (exact) mass is 358 g/mol. The Bertz CT molecular complexity index is 592. The average Bonchev–Trinajstić information content (AvgIpc) is 2.58. The zero-order chi connectivity index (χ0) is 19.4. The molecule has 0 atom stereocenters. The highest BCUT2D eigenvalue weighted by atomic mass is 16.5. The van der Waals surface area contributed by atoms with Gasteiger partial charge in [0.05, 0.1) is 6.61 Å². The number of allylic oxidation sites excluding steroid dienone is 4. The fraction of sp³-hybridized carbons (Fsp3) is 0.583. The quantitative estimate of drug-likeness (QED) is 0.317. The maximum atomic E-state index is 10.6. The van der Waals surface area contributed by atoms with Crippen LogP contribution in [0.3, 0.4) is 0 Å². The highest BCUT2D eigenvalue weighted by Crippen LogP contribution is 2.32. The van der Waals surface area contributed by atoms with E-state index in [1.807, 2.05) is 6.07 Å². The van der Waals surface area contributed by atoms with Gasteiger partial charge in [-0.3, -0.25) is 0 Å². The molecule has 2 heteroatoms. The lowest BCUT2D eigenvalue weighted by atomic mass is 10.00. The van der Waals surface area contributed by atoms with Crippen molar-refractivity contribution in [1.29, 1.82) is 0 Å². The fourth-order valence-corrected chi connectivity index (χ4v) is 2.92. The summed E-state index contributed by atoms with van der Waals surface area (Å²) in [7, 11) is 0. The molecule has 1 aromatic carbocycles. The molecular formula is C24H38O2. The van der Waals surface area contributed by atoms with E-state index in [2.05, 4.69) is 52.8 Å². The Morgan fingerprint density at radius 3 is 2.46 bits per heavy atom.